The van der Waals surface area contributed by atoms with E-state index < -0.39 is 0 Å². The quantitative estimate of drug-likeness (QED) is 0.859. The van der Waals surface area contributed by atoms with Crippen molar-refractivity contribution < 1.29 is 4.74 Å². The molecule has 2 aromatic rings. The summed E-state index contributed by atoms with van der Waals surface area (Å²) in [6.07, 6.45) is 3.43. The molecule has 4 nitrogen and oxygen atoms in total. The molecule has 1 saturated carbocycles. The Bertz CT molecular complexity index is 606. The molecule has 3 rings (SSSR count). The van der Waals surface area contributed by atoms with Gasteiger partial charge in [-0.25, -0.2) is 4.98 Å². The average Bonchev–Trinajstić information content (AvgIpc) is 3.32. The monoisotopic (exact) mass is 283 g/mol. The van der Waals surface area contributed by atoms with Crippen molar-refractivity contribution in [2.75, 3.05) is 11.9 Å². The Kier molecular flexibility index (Phi) is 4.04. The highest BCUT2D eigenvalue weighted by Gasteiger charge is 2.27. The smallest absolute Gasteiger partial charge is 0.224 e. The first-order chi connectivity index (χ1) is 10.2. The highest BCUT2D eigenvalue weighted by molar-refractivity contribution is 5.41. The fourth-order valence-corrected chi connectivity index (χ4v) is 2.09. The van der Waals surface area contributed by atoms with Gasteiger partial charge in [0.15, 0.2) is 0 Å². The molecule has 110 valence electrons. The number of anilines is 1. The first kappa shape index (κ1) is 13.9. The van der Waals surface area contributed by atoms with Crippen LogP contribution in [-0.4, -0.2) is 16.5 Å². The molecule has 1 fully saturated rings. The number of nitrogens with zero attached hydrogens (tertiary/aromatic N) is 2. The van der Waals surface area contributed by atoms with Crippen molar-refractivity contribution in [3.63, 3.8) is 0 Å². The van der Waals surface area contributed by atoms with E-state index in [4.69, 9.17) is 4.74 Å². The minimum absolute atomic E-state index is 0.508. The van der Waals surface area contributed by atoms with Crippen molar-refractivity contribution in [3.05, 3.63) is 41.7 Å². The van der Waals surface area contributed by atoms with E-state index in [9.17, 15) is 0 Å². The van der Waals surface area contributed by atoms with Gasteiger partial charge in [0.1, 0.15) is 17.4 Å². The van der Waals surface area contributed by atoms with Gasteiger partial charge in [0.25, 0.3) is 0 Å². The largest absolute Gasteiger partial charge is 0.439 e. The average molecular weight is 283 g/mol. The van der Waals surface area contributed by atoms with E-state index in [0.29, 0.717) is 11.8 Å². The third kappa shape index (κ3) is 3.72. The number of benzene rings is 1. The van der Waals surface area contributed by atoms with Gasteiger partial charge in [-0.3, -0.25) is 0 Å². The van der Waals surface area contributed by atoms with Crippen molar-refractivity contribution in [2.24, 2.45) is 0 Å². The van der Waals surface area contributed by atoms with Crippen LogP contribution < -0.4 is 10.1 Å². The van der Waals surface area contributed by atoms with Crippen molar-refractivity contribution >= 4 is 5.82 Å². The molecule has 0 aliphatic heterocycles. The molecule has 0 amide bonds. The van der Waals surface area contributed by atoms with E-state index >= 15 is 0 Å². The lowest BCUT2D eigenvalue weighted by Gasteiger charge is -2.10. The van der Waals surface area contributed by atoms with Gasteiger partial charge in [-0.05, 0) is 38.3 Å². The van der Waals surface area contributed by atoms with Crippen molar-refractivity contribution in [2.45, 2.75) is 39.0 Å². The van der Waals surface area contributed by atoms with Crippen LogP contribution in [-0.2, 0) is 0 Å². The fourth-order valence-electron chi connectivity index (χ4n) is 2.09. The third-order valence-corrected chi connectivity index (χ3v) is 3.46. The van der Waals surface area contributed by atoms with E-state index in [1.165, 1.54) is 18.4 Å². The van der Waals surface area contributed by atoms with Crippen molar-refractivity contribution in [3.8, 4) is 11.6 Å². The summed E-state index contributed by atoms with van der Waals surface area (Å²) in [5, 5.41) is 3.32. The van der Waals surface area contributed by atoms with Crippen LogP contribution in [0.5, 0.6) is 11.6 Å². The molecule has 0 atom stereocenters. The first-order valence-corrected chi connectivity index (χ1v) is 7.62. The second kappa shape index (κ2) is 6.12. The molecule has 1 aliphatic rings. The predicted octanol–water partition coefficient (Wildman–Crippen LogP) is 4.28. The van der Waals surface area contributed by atoms with Gasteiger partial charge in [-0.1, -0.05) is 24.6 Å². The number of ether oxygens (including phenoxy) is 1. The maximum atomic E-state index is 5.88. The lowest BCUT2D eigenvalue weighted by atomic mass is 10.2. The summed E-state index contributed by atoms with van der Waals surface area (Å²) in [6, 6.07) is 9.88. The molecular formula is C17H21N3O. The number of hydrogen-bond donors (Lipinski definition) is 1. The Hall–Kier alpha value is -2.10. The summed E-state index contributed by atoms with van der Waals surface area (Å²) < 4.78 is 5.88. The van der Waals surface area contributed by atoms with Gasteiger partial charge < -0.3 is 10.1 Å². The lowest BCUT2D eigenvalue weighted by molar-refractivity contribution is 0.459. The summed E-state index contributed by atoms with van der Waals surface area (Å²) in [4.78, 5) is 9.13. The molecule has 1 aliphatic carbocycles. The normalized spacial score (nSPS) is 14.0. The van der Waals surface area contributed by atoms with Crippen LogP contribution in [0.25, 0.3) is 0 Å². The minimum atomic E-state index is 0.508. The minimum Gasteiger partial charge on any atom is -0.439 e. The first-order valence-electron chi connectivity index (χ1n) is 7.62. The maximum Gasteiger partial charge on any atom is 0.224 e. The summed E-state index contributed by atoms with van der Waals surface area (Å²) in [5.41, 5.74) is 1.22. The molecule has 1 aromatic heterocycles. The van der Waals surface area contributed by atoms with Crippen LogP contribution >= 0.6 is 0 Å². The molecule has 21 heavy (non-hydrogen) atoms. The van der Waals surface area contributed by atoms with E-state index in [1.807, 2.05) is 30.3 Å². The van der Waals surface area contributed by atoms with Gasteiger partial charge in [0.2, 0.25) is 5.88 Å². The lowest BCUT2D eigenvalue weighted by Crippen LogP contribution is -2.05. The number of aryl methyl sites for hydroxylation is 1. The van der Waals surface area contributed by atoms with Crippen LogP contribution in [0.3, 0.4) is 0 Å². The zero-order valence-electron chi connectivity index (χ0n) is 12.6. The SMILES string of the molecule is CCCNc1cc(Oc2ccc(C)cc2)nc(C2CC2)n1. The Morgan fingerprint density at radius 3 is 2.62 bits per heavy atom. The summed E-state index contributed by atoms with van der Waals surface area (Å²) in [6.45, 7) is 5.11. The summed E-state index contributed by atoms with van der Waals surface area (Å²) >= 11 is 0. The maximum absolute atomic E-state index is 5.88. The van der Waals surface area contributed by atoms with E-state index in [2.05, 4.69) is 29.1 Å². The highest BCUT2D eigenvalue weighted by atomic mass is 16.5. The Labute approximate surface area is 125 Å². The highest BCUT2D eigenvalue weighted by Crippen LogP contribution is 2.39. The molecule has 1 heterocycles. The number of aromatic nitrogens is 2. The second-order valence-electron chi connectivity index (χ2n) is 5.57. The molecule has 1 aromatic carbocycles. The number of hydrogen-bond acceptors (Lipinski definition) is 4. The second-order valence-corrected chi connectivity index (χ2v) is 5.57. The van der Waals surface area contributed by atoms with Crippen LogP contribution in [0.4, 0.5) is 5.82 Å². The topological polar surface area (TPSA) is 47.0 Å². The zero-order chi connectivity index (χ0) is 14.7. The van der Waals surface area contributed by atoms with Crippen LogP contribution in [0.15, 0.2) is 30.3 Å². The van der Waals surface area contributed by atoms with E-state index in [-0.39, 0.29) is 0 Å². The Morgan fingerprint density at radius 1 is 1.19 bits per heavy atom. The van der Waals surface area contributed by atoms with Crippen LogP contribution in [0.2, 0.25) is 0 Å². The van der Waals surface area contributed by atoms with Gasteiger partial charge in [0.05, 0.1) is 0 Å². The molecule has 1 N–H and O–H groups in total. The van der Waals surface area contributed by atoms with Gasteiger partial charge in [0, 0.05) is 18.5 Å². The number of nitrogens with one attached hydrogen (secondary N) is 1. The molecule has 0 radical (unpaired) electrons. The number of rotatable bonds is 6. The molecular weight excluding hydrogens is 262 g/mol. The summed E-state index contributed by atoms with van der Waals surface area (Å²) in [7, 11) is 0. The van der Waals surface area contributed by atoms with Gasteiger partial charge >= 0.3 is 0 Å². The van der Waals surface area contributed by atoms with Crippen LogP contribution in [0, 0.1) is 6.92 Å². The van der Waals surface area contributed by atoms with Gasteiger partial charge in [-0.2, -0.15) is 4.98 Å². The molecule has 0 spiro atoms. The predicted molar refractivity (Wildman–Crippen MR) is 84.0 cm³/mol. The van der Waals surface area contributed by atoms with Gasteiger partial charge in [-0.15, -0.1) is 0 Å². The molecule has 0 saturated heterocycles. The van der Waals surface area contributed by atoms with Crippen molar-refractivity contribution in [1.82, 2.24) is 9.97 Å². The Morgan fingerprint density at radius 2 is 1.95 bits per heavy atom. The zero-order valence-corrected chi connectivity index (χ0v) is 12.6. The van der Waals surface area contributed by atoms with Crippen LogP contribution in [0.1, 0.15) is 43.5 Å². The fraction of sp³-hybridized carbons (Fsp3) is 0.412. The molecule has 4 heteroatoms. The van der Waals surface area contributed by atoms with Crippen molar-refractivity contribution in [1.29, 1.82) is 0 Å². The van der Waals surface area contributed by atoms with E-state index in [0.717, 1.165) is 30.4 Å². The molecule has 0 bridgehead atoms. The summed E-state index contributed by atoms with van der Waals surface area (Å²) in [5.74, 6) is 3.69. The standard InChI is InChI=1S/C17H21N3O/c1-3-10-18-15-11-16(20-17(19-15)13-6-7-13)21-14-8-4-12(2)5-9-14/h4-5,8-9,11,13H,3,6-7,10H2,1-2H3,(H,18,19,20). The molecule has 0 unspecified atom stereocenters. The third-order valence-electron chi connectivity index (χ3n) is 3.46. The Balaban J connectivity index is 1.82. The van der Waals surface area contributed by atoms with E-state index in [1.54, 1.807) is 0 Å².